The number of nitrogens with one attached hydrogen (secondary N) is 2. The molecule has 0 aromatic heterocycles. The standard InChI is InChI=1S/C11H20N2O2.ClH/c1-7(6-12-2)11(14)13-9-5-8-3-4-10(9)15-8;/h7-10,12H,3-6H2,1-2H3,(H,13,14);1H. The molecule has 2 bridgehead atoms. The van der Waals surface area contributed by atoms with Gasteiger partial charge in [0.05, 0.1) is 18.2 Å². The van der Waals surface area contributed by atoms with Crippen LogP contribution in [0.5, 0.6) is 0 Å². The summed E-state index contributed by atoms with van der Waals surface area (Å²) in [6.45, 7) is 2.67. The van der Waals surface area contributed by atoms with E-state index in [1.807, 2.05) is 14.0 Å². The molecule has 0 aromatic carbocycles. The van der Waals surface area contributed by atoms with E-state index in [2.05, 4.69) is 10.6 Å². The van der Waals surface area contributed by atoms with E-state index in [-0.39, 0.29) is 36.4 Å². The van der Waals surface area contributed by atoms with Crippen LogP contribution in [0.4, 0.5) is 0 Å². The lowest BCUT2D eigenvalue weighted by Gasteiger charge is -2.22. The summed E-state index contributed by atoms with van der Waals surface area (Å²) in [7, 11) is 1.87. The number of halogens is 1. The number of ether oxygens (including phenoxy) is 1. The topological polar surface area (TPSA) is 50.4 Å². The molecular weight excluding hydrogens is 228 g/mol. The third-order valence-corrected chi connectivity index (χ3v) is 3.39. The Hall–Kier alpha value is -0.320. The number of carbonyl (C=O) groups is 1. The van der Waals surface area contributed by atoms with Crippen molar-refractivity contribution in [2.45, 2.75) is 44.4 Å². The van der Waals surface area contributed by atoms with E-state index in [0.29, 0.717) is 6.10 Å². The van der Waals surface area contributed by atoms with Crippen LogP contribution < -0.4 is 10.6 Å². The van der Waals surface area contributed by atoms with Gasteiger partial charge in [-0.1, -0.05) is 6.92 Å². The van der Waals surface area contributed by atoms with E-state index in [9.17, 15) is 4.79 Å². The van der Waals surface area contributed by atoms with Crippen LogP contribution in [0.25, 0.3) is 0 Å². The maximum Gasteiger partial charge on any atom is 0.224 e. The van der Waals surface area contributed by atoms with Crippen LogP contribution in [-0.4, -0.2) is 37.7 Å². The van der Waals surface area contributed by atoms with Gasteiger partial charge in [-0.2, -0.15) is 0 Å². The second kappa shape index (κ2) is 5.84. The van der Waals surface area contributed by atoms with Gasteiger partial charge < -0.3 is 15.4 Å². The first-order chi connectivity index (χ1) is 7.20. The summed E-state index contributed by atoms with van der Waals surface area (Å²) in [5.74, 6) is 0.180. The van der Waals surface area contributed by atoms with Gasteiger partial charge in [-0.25, -0.2) is 0 Å². The molecule has 0 radical (unpaired) electrons. The fourth-order valence-corrected chi connectivity index (χ4v) is 2.51. The van der Waals surface area contributed by atoms with Crippen molar-refractivity contribution in [2.75, 3.05) is 13.6 Å². The molecule has 5 heteroatoms. The van der Waals surface area contributed by atoms with Gasteiger partial charge in [0, 0.05) is 12.5 Å². The Balaban J connectivity index is 0.00000128. The second-order valence-electron chi connectivity index (χ2n) is 4.68. The molecule has 4 unspecified atom stereocenters. The molecule has 4 atom stereocenters. The highest BCUT2D eigenvalue weighted by Gasteiger charge is 2.41. The van der Waals surface area contributed by atoms with E-state index in [4.69, 9.17) is 4.74 Å². The fourth-order valence-electron chi connectivity index (χ4n) is 2.51. The van der Waals surface area contributed by atoms with Crippen LogP contribution in [0.2, 0.25) is 0 Å². The Morgan fingerprint density at radius 1 is 1.50 bits per heavy atom. The molecule has 2 saturated heterocycles. The summed E-state index contributed by atoms with van der Waals surface area (Å²) >= 11 is 0. The molecule has 2 fully saturated rings. The zero-order chi connectivity index (χ0) is 10.8. The zero-order valence-corrected chi connectivity index (χ0v) is 10.7. The number of hydrogen-bond acceptors (Lipinski definition) is 3. The number of amides is 1. The number of carbonyl (C=O) groups excluding carboxylic acids is 1. The molecule has 94 valence electrons. The van der Waals surface area contributed by atoms with Gasteiger partial charge in [0.15, 0.2) is 0 Å². The highest BCUT2D eigenvalue weighted by atomic mass is 35.5. The molecule has 2 N–H and O–H groups in total. The fraction of sp³-hybridized carbons (Fsp3) is 0.909. The van der Waals surface area contributed by atoms with Gasteiger partial charge in [-0.05, 0) is 26.3 Å². The minimum Gasteiger partial charge on any atom is -0.373 e. The minimum absolute atomic E-state index is 0. The average Bonchev–Trinajstić information content (AvgIpc) is 2.79. The first kappa shape index (κ1) is 13.7. The van der Waals surface area contributed by atoms with Crippen LogP contribution >= 0.6 is 12.4 Å². The molecule has 1 amide bonds. The Bertz CT molecular complexity index is 250. The summed E-state index contributed by atoms with van der Waals surface area (Å²) in [5.41, 5.74) is 0. The molecule has 0 saturated carbocycles. The molecule has 0 spiro atoms. The highest BCUT2D eigenvalue weighted by molar-refractivity contribution is 5.85. The third-order valence-electron chi connectivity index (χ3n) is 3.39. The summed E-state index contributed by atoms with van der Waals surface area (Å²) in [4.78, 5) is 11.8. The van der Waals surface area contributed by atoms with Gasteiger partial charge >= 0.3 is 0 Å². The first-order valence-corrected chi connectivity index (χ1v) is 5.81. The first-order valence-electron chi connectivity index (χ1n) is 5.81. The highest BCUT2D eigenvalue weighted by Crippen LogP contribution is 2.34. The molecule has 2 heterocycles. The van der Waals surface area contributed by atoms with E-state index < -0.39 is 0 Å². The number of rotatable bonds is 4. The van der Waals surface area contributed by atoms with Gasteiger partial charge in [0.2, 0.25) is 5.91 Å². The van der Waals surface area contributed by atoms with Gasteiger partial charge in [-0.3, -0.25) is 4.79 Å². The van der Waals surface area contributed by atoms with Crippen molar-refractivity contribution in [1.82, 2.24) is 10.6 Å². The van der Waals surface area contributed by atoms with Gasteiger partial charge in [0.1, 0.15) is 0 Å². The molecule has 0 aromatic rings. The van der Waals surface area contributed by atoms with E-state index in [0.717, 1.165) is 19.4 Å². The van der Waals surface area contributed by atoms with Crippen LogP contribution in [-0.2, 0) is 9.53 Å². The smallest absolute Gasteiger partial charge is 0.224 e. The van der Waals surface area contributed by atoms with Crippen molar-refractivity contribution in [3.63, 3.8) is 0 Å². The SMILES string of the molecule is CNCC(C)C(=O)NC1CC2CCC1O2.Cl. The van der Waals surface area contributed by atoms with Gasteiger partial charge in [0.25, 0.3) is 0 Å². The number of fused-ring (bicyclic) bond motifs is 2. The second-order valence-corrected chi connectivity index (χ2v) is 4.68. The lowest BCUT2D eigenvalue weighted by atomic mass is 9.95. The van der Waals surface area contributed by atoms with Gasteiger partial charge in [-0.15, -0.1) is 12.4 Å². The lowest BCUT2D eigenvalue weighted by Crippen LogP contribution is -2.45. The van der Waals surface area contributed by atoms with Crippen LogP contribution in [0.3, 0.4) is 0 Å². The zero-order valence-electron chi connectivity index (χ0n) is 9.86. The monoisotopic (exact) mass is 248 g/mol. The normalized spacial score (nSPS) is 33.2. The molecule has 2 aliphatic heterocycles. The Kier molecular flexibility index (Phi) is 5.02. The summed E-state index contributed by atoms with van der Waals surface area (Å²) in [6.07, 6.45) is 3.96. The van der Waals surface area contributed by atoms with Crippen molar-refractivity contribution in [3.8, 4) is 0 Å². The van der Waals surface area contributed by atoms with Crippen LogP contribution in [0.15, 0.2) is 0 Å². The molecule has 0 aliphatic carbocycles. The Morgan fingerprint density at radius 3 is 2.75 bits per heavy atom. The molecule has 4 nitrogen and oxygen atoms in total. The summed E-state index contributed by atoms with van der Waals surface area (Å²) < 4.78 is 5.70. The van der Waals surface area contributed by atoms with Crippen molar-refractivity contribution >= 4 is 18.3 Å². The predicted molar refractivity (Wildman–Crippen MR) is 64.8 cm³/mol. The largest absolute Gasteiger partial charge is 0.373 e. The van der Waals surface area contributed by atoms with Crippen LogP contribution in [0.1, 0.15) is 26.2 Å². The van der Waals surface area contributed by atoms with E-state index in [1.165, 1.54) is 6.42 Å². The van der Waals surface area contributed by atoms with E-state index >= 15 is 0 Å². The lowest BCUT2D eigenvalue weighted by molar-refractivity contribution is -0.125. The summed E-state index contributed by atoms with van der Waals surface area (Å²) in [6, 6.07) is 0.260. The van der Waals surface area contributed by atoms with E-state index in [1.54, 1.807) is 0 Å². The average molecular weight is 249 g/mol. The predicted octanol–water partition coefficient (Wildman–Crippen LogP) is 0.700. The molecular formula is C11H21ClN2O2. The molecule has 2 rings (SSSR count). The molecule has 16 heavy (non-hydrogen) atoms. The Morgan fingerprint density at radius 2 is 2.25 bits per heavy atom. The number of hydrogen-bond donors (Lipinski definition) is 2. The Labute approximate surface area is 103 Å². The van der Waals surface area contributed by atoms with Crippen molar-refractivity contribution in [3.05, 3.63) is 0 Å². The van der Waals surface area contributed by atoms with Crippen molar-refractivity contribution < 1.29 is 9.53 Å². The van der Waals surface area contributed by atoms with Crippen molar-refractivity contribution in [2.24, 2.45) is 5.92 Å². The third kappa shape index (κ3) is 2.87. The molecule has 2 aliphatic rings. The van der Waals surface area contributed by atoms with Crippen LogP contribution in [0, 0.1) is 5.92 Å². The maximum atomic E-state index is 11.8. The minimum atomic E-state index is 0. The quantitative estimate of drug-likeness (QED) is 0.770. The van der Waals surface area contributed by atoms with Crippen molar-refractivity contribution in [1.29, 1.82) is 0 Å². The summed E-state index contributed by atoms with van der Waals surface area (Å²) in [5, 5.41) is 6.11. The maximum absolute atomic E-state index is 11.8.